The normalized spacial score (nSPS) is 59.7. The maximum absolute atomic E-state index is 12.0. The maximum Gasteiger partial charge on any atom is 0.334 e. The Balaban J connectivity index is 1.43. The Kier molecular flexibility index (Phi) is 2.05. The molecule has 6 nitrogen and oxygen atoms in total. The van der Waals surface area contributed by atoms with Gasteiger partial charge in [-0.2, -0.15) is 0 Å². The molecular weight excluding hydrogens is 336 g/mol. The molecule has 26 heavy (non-hydrogen) atoms. The second-order valence-electron chi connectivity index (χ2n) is 9.58. The molecule has 0 amide bonds. The summed E-state index contributed by atoms with van der Waals surface area (Å²) in [5.74, 6) is 0.670. The fraction of sp³-hybridized carbons (Fsp3) is 0.750. The Bertz CT molecular complexity index is 874. The van der Waals surface area contributed by atoms with Crippen LogP contribution in [-0.4, -0.2) is 51.8 Å². The number of aliphatic hydroxyl groups is 2. The molecule has 138 valence electrons. The quantitative estimate of drug-likeness (QED) is 0.533. The van der Waals surface area contributed by atoms with Crippen molar-refractivity contribution in [3.63, 3.8) is 0 Å². The number of rotatable bonds is 1. The minimum atomic E-state index is -1.01. The molecule has 7 rings (SSSR count). The third kappa shape index (κ3) is 1.09. The molecule has 3 aliphatic heterocycles. The number of carbonyl (C=O) groups excluding carboxylic acids is 1. The lowest BCUT2D eigenvalue weighted by molar-refractivity contribution is -0.151. The van der Waals surface area contributed by atoms with E-state index in [2.05, 4.69) is 13.8 Å². The molecule has 0 aromatic carbocycles. The summed E-state index contributed by atoms with van der Waals surface area (Å²) < 4.78 is 17.5. The number of aliphatic hydroxyl groups excluding tert-OH is 1. The average molecular weight is 358 g/mol. The Morgan fingerprint density at radius 2 is 2.15 bits per heavy atom. The van der Waals surface area contributed by atoms with Crippen molar-refractivity contribution in [1.82, 2.24) is 0 Å². The van der Waals surface area contributed by atoms with Gasteiger partial charge >= 0.3 is 5.97 Å². The molecule has 2 saturated heterocycles. The van der Waals surface area contributed by atoms with Gasteiger partial charge in [0.2, 0.25) is 5.60 Å². The summed E-state index contributed by atoms with van der Waals surface area (Å²) in [6.07, 6.45) is 3.04. The van der Waals surface area contributed by atoms with Crippen molar-refractivity contribution in [2.45, 2.75) is 62.1 Å². The number of hydrogen-bond acceptors (Lipinski definition) is 6. The van der Waals surface area contributed by atoms with Crippen molar-refractivity contribution in [1.29, 1.82) is 0 Å². The molecule has 8 atom stereocenters. The highest BCUT2D eigenvalue weighted by atomic mass is 16.7. The first kappa shape index (κ1) is 14.7. The van der Waals surface area contributed by atoms with Gasteiger partial charge < -0.3 is 24.4 Å². The molecule has 0 aromatic heterocycles. The minimum Gasteiger partial charge on any atom is -0.476 e. The fourth-order valence-electron chi connectivity index (χ4n) is 7.49. The number of hydrogen-bond donors (Lipinski definition) is 2. The third-order valence-corrected chi connectivity index (χ3v) is 8.80. The van der Waals surface area contributed by atoms with Crippen LogP contribution in [0.2, 0.25) is 0 Å². The molecule has 6 heteroatoms. The molecule has 2 spiro atoms. The standard InChI is InChI=1S/C20H22O6/c1-8(2)19-14(26-19)12-6-17(12)18(23)4-3-9-10(7-24-15(9)21)11(18)5-13-20(17,25-13)16(19)22/h5,8,11-12,14,16,22-23H,3-4,6-7H2,1-2H3. The molecule has 2 N–H and O–H groups in total. The lowest BCUT2D eigenvalue weighted by Crippen LogP contribution is -2.66. The predicted octanol–water partition coefficient (Wildman–Crippen LogP) is 0.822. The van der Waals surface area contributed by atoms with E-state index in [0.717, 1.165) is 23.3 Å². The maximum atomic E-state index is 12.0. The van der Waals surface area contributed by atoms with Gasteiger partial charge in [0.15, 0.2) is 0 Å². The van der Waals surface area contributed by atoms with Crippen molar-refractivity contribution in [2.75, 3.05) is 6.61 Å². The molecule has 4 fully saturated rings. The Labute approximate surface area is 150 Å². The van der Waals surface area contributed by atoms with Crippen LogP contribution in [0, 0.1) is 23.2 Å². The molecule has 7 aliphatic rings. The number of fused-ring (bicyclic) bond motifs is 4. The van der Waals surface area contributed by atoms with Gasteiger partial charge in [0.25, 0.3) is 0 Å². The lowest BCUT2D eigenvalue weighted by Gasteiger charge is -2.51. The van der Waals surface area contributed by atoms with Gasteiger partial charge in [-0.1, -0.05) is 13.8 Å². The summed E-state index contributed by atoms with van der Waals surface area (Å²) in [4.78, 5) is 12.0. The van der Waals surface area contributed by atoms with Crippen molar-refractivity contribution < 1.29 is 29.2 Å². The number of esters is 1. The third-order valence-electron chi connectivity index (χ3n) is 8.80. The molecule has 0 aromatic rings. The molecule has 8 unspecified atom stereocenters. The van der Waals surface area contributed by atoms with Crippen LogP contribution < -0.4 is 0 Å². The summed E-state index contributed by atoms with van der Waals surface area (Å²) >= 11 is 0. The van der Waals surface area contributed by atoms with Gasteiger partial charge in [-0.25, -0.2) is 4.79 Å². The molecule has 0 radical (unpaired) electrons. The van der Waals surface area contributed by atoms with Crippen LogP contribution >= 0.6 is 0 Å². The van der Waals surface area contributed by atoms with Crippen molar-refractivity contribution in [3.8, 4) is 0 Å². The summed E-state index contributed by atoms with van der Waals surface area (Å²) in [6, 6.07) is 0. The topological polar surface area (TPSA) is 91.8 Å². The number of carbonyl (C=O) groups is 1. The first-order valence-electron chi connectivity index (χ1n) is 9.73. The summed E-state index contributed by atoms with van der Waals surface area (Å²) in [5, 5.41) is 23.4. The molecule has 3 heterocycles. The molecule has 2 saturated carbocycles. The summed E-state index contributed by atoms with van der Waals surface area (Å²) in [6.45, 7) is 4.43. The second kappa shape index (κ2) is 3.64. The Morgan fingerprint density at radius 3 is 2.92 bits per heavy atom. The van der Waals surface area contributed by atoms with E-state index in [1.165, 1.54) is 0 Å². The second-order valence-corrected chi connectivity index (χ2v) is 9.58. The number of epoxide rings is 2. The van der Waals surface area contributed by atoms with Gasteiger partial charge in [-0.3, -0.25) is 0 Å². The number of cyclic esters (lactones) is 1. The Hall–Kier alpha value is -1.37. The highest BCUT2D eigenvalue weighted by Crippen LogP contribution is 2.87. The van der Waals surface area contributed by atoms with Gasteiger partial charge in [-0.15, -0.1) is 0 Å². The van der Waals surface area contributed by atoms with Crippen molar-refractivity contribution in [2.24, 2.45) is 23.2 Å². The van der Waals surface area contributed by atoms with E-state index in [1.54, 1.807) is 0 Å². The minimum absolute atomic E-state index is 0.00631. The summed E-state index contributed by atoms with van der Waals surface area (Å²) in [7, 11) is 0. The molecule has 4 aliphatic carbocycles. The predicted molar refractivity (Wildman–Crippen MR) is 86.5 cm³/mol. The largest absolute Gasteiger partial charge is 0.476 e. The van der Waals surface area contributed by atoms with E-state index in [4.69, 9.17) is 14.2 Å². The van der Waals surface area contributed by atoms with Crippen LogP contribution in [0.1, 0.15) is 33.1 Å². The lowest BCUT2D eigenvalue weighted by atomic mass is 9.52. The number of ether oxygens (including phenoxy) is 3. The van der Waals surface area contributed by atoms with Crippen LogP contribution in [-0.2, 0) is 19.0 Å². The highest BCUT2D eigenvalue weighted by molar-refractivity contribution is 5.92. The van der Waals surface area contributed by atoms with E-state index in [9.17, 15) is 15.0 Å². The molecular formula is C20H22O6. The fourth-order valence-corrected chi connectivity index (χ4v) is 7.49. The van der Waals surface area contributed by atoms with Crippen LogP contribution in [0.4, 0.5) is 0 Å². The zero-order valence-electron chi connectivity index (χ0n) is 14.8. The smallest absolute Gasteiger partial charge is 0.334 e. The molecule has 0 bridgehead atoms. The van der Waals surface area contributed by atoms with E-state index >= 15 is 0 Å². The highest BCUT2D eigenvalue weighted by Gasteiger charge is 2.98. The van der Waals surface area contributed by atoms with Gasteiger partial charge in [-0.05, 0) is 36.8 Å². The van der Waals surface area contributed by atoms with Crippen LogP contribution in [0.3, 0.4) is 0 Å². The van der Waals surface area contributed by atoms with Gasteiger partial charge in [0.1, 0.15) is 24.1 Å². The summed E-state index contributed by atoms with van der Waals surface area (Å²) in [5.41, 5.74) is -1.23. The zero-order valence-corrected chi connectivity index (χ0v) is 14.8. The Morgan fingerprint density at radius 1 is 1.35 bits per heavy atom. The van der Waals surface area contributed by atoms with E-state index < -0.39 is 28.3 Å². The van der Waals surface area contributed by atoms with Crippen LogP contribution in [0.25, 0.3) is 0 Å². The van der Waals surface area contributed by atoms with Gasteiger partial charge in [0, 0.05) is 17.4 Å². The van der Waals surface area contributed by atoms with Crippen molar-refractivity contribution >= 4 is 5.97 Å². The van der Waals surface area contributed by atoms with E-state index in [1.807, 2.05) is 6.08 Å². The first-order valence-corrected chi connectivity index (χ1v) is 9.73. The van der Waals surface area contributed by atoms with E-state index in [0.29, 0.717) is 12.8 Å². The van der Waals surface area contributed by atoms with E-state index in [-0.39, 0.29) is 36.4 Å². The monoisotopic (exact) mass is 358 g/mol. The zero-order chi connectivity index (χ0) is 17.9. The van der Waals surface area contributed by atoms with Gasteiger partial charge in [0.05, 0.1) is 17.1 Å². The SMILES string of the molecule is CC(C)C12OC1C1CC13C1(O)CCC4=C(COC4=O)C1C=C1OC13C2O. The van der Waals surface area contributed by atoms with Crippen molar-refractivity contribution in [3.05, 3.63) is 23.0 Å². The first-order chi connectivity index (χ1) is 12.3. The van der Waals surface area contributed by atoms with Crippen LogP contribution in [0.5, 0.6) is 0 Å². The average Bonchev–Trinajstić information content (AvgIpc) is 3.47. The van der Waals surface area contributed by atoms with Crippen LogP contribution in [0.15, 0.2) is 23.0 Å².